The Labute approximate surface area is 112 Å². The Bertz CT molecular complexity index is 660. The van der Waals surface area contributed by atoms with E-state index in [0.29, 0.717) is 12.1 Å². The lowest BCUT2D eigenvalue weighted by Crippen LogP contribution is -2.29. The van der Waals surface area contributed by atoms with Gasteiger partial charge in [0.05, 0.1) is 16.7 Å². The number of sulfone groups is 1. The van der Waals surface area contributed by atoms with Crippen molar-refractivity contribution in [3.8, 4) is 0 Å². The maximum Gasteiger partial charge on any atom is 0.285 e. The average Bonchev–Trinajstić information content (AvgIpc) is 2.29. The number of nitro benzene ring substituents is 1. The molecule has 0 saturated carbocycles. The molecule has 0 saturated heterocycles. The van der Waals surface area contributed by atoms with Crippen LogP contribution in [0.25, 0.3) is 0 Å². The zero-order valence-corrected chi connectivity index (χ0v) is 11.0. The fourth-order valence-corrected chi connectivity index (χ4v) is 1.79. The molecule has 1 aromatic rings. The SMILES string of the molecule is CS(=O)(=O)CCNC(=O)c1cc(F)c(F)cc1[N+](=O)[O-]. The summed E-state index contributed by atoms with van der Waals surface area (Å²) in [5.74, 6) is -4.30. The van der Waals surface area contributed by atoms with Crippen LogP contribution in [0.4, 0.5) is 14.5 Å². The van der Waals surface area contributed by atoms with Gasteiger partial charge in [0.1, 0.15) is 15.4 Å². The van der Waals surface area contributed by atoms with E-state index in [-0.39, 0.29) is 12.3 Å². The van der Waals surface area contributed by atoms with E-state index in [1.54, 1.807) is 0 Å². The van der Waals surface area contributed by atoms with Gasteiger partial charge in [-0.25, -0.2) is 17.2 Å². The van der Waals surface area contributed by atoms with Crippen molar-refractivity contribution >= 4 is 21.4 Å². The highest BCUT2D eigenvalue weighted by molar-refractivity contribution is 7.90. The normalized spacial score (nSPS) is 11.2. The van der Waals surface area contributed by atoms with Crippen LogP contribution < -0.4 is 5.32 Å². The lowest BCUT2D eigenvalue weighted by molar-refractivity contribution is -0.385. The zero-order valence-electron chi connectivity index (χ0n) is 10.2. The fourth-order valence-electron chi connectivity index (χ4n) is 1.31. The van der Waals surface area contributed by atoms with E-state index in [2.05, 4.69) is 5.32 Å². The number of hydrogen-bond donors (Lipinski definition) is 1. The third kappa shape index (κ3) is 4.23. The molecule has 10 heteroatoms. The van der Waals surface area contributed by atoms with Crippen LogP contribution in [-0.4, -0.2) is 37.8 Å². The second-order valence-electron chi connectivity index (χ2n) is 3.93. The molecule has 20 heavy (non-hydrogen) atoms. The van der Waals surface area contributed by atoms with Gasteiger partial charge in [0.2, 0.25) is 0 Å². The van der Waals surface area contributed by atoms with Crippen LogP contribution in [0.3, 0.4) is 0 Å². The second kappa shape index (κ2) is 5.90. The van der Waals surface area contributed by atoms with Gasteiger partial charge in [0.15, 0.2) is 11.6 Å². The molecule has 1 N–H and O–H groups in total. The van der Waals surface area contributed by atoms with Crippen LogP contribution in [0.2, 0.25) is 0 Å². The minimum Gasteiger partial charge on any atom is -0.351 e. The molecule has 110 valence electrons. The summed E-state index contributed by atoms with van der Waals surface area (Å²) < 4.78 is 47.6. The van der Waals surface area contributed by atoms with Crippen LogP contribution >= 0.6 is 0 Å². The standard InChI is InChI=1S/C10H10F2N2O5S/c1-20(18,19)3-2-13-10(15)6-4-7(11)8(12)5-9(6)14(16)17/h4-5H,2-3H2,1H3,(H,13,15). The topological polar surface area (TPSA) is 106 Å². The third-order valence-electron chi connectivity index (χ3n) is 2.24. The number of carbonyl (C=O) groups excluding carboxylic acids is 1. The van der Waals surface area contributed by atoms with E-state index in [1.165, 1.54) is 0 Å². The van der Waals surface area contributed by atoms with Crippen molar-refractivity contribution < 1.29 is 26.9 Å². The van der Waals surface area contributed by atoms with Gasteiger partial charge in [0, 0.05) is 12.8 Å². The number of amides is 1. The van der Waals surface area contributed by atoms with E-state index < -0.39 is 43.6 Å². The van der Waals surface area contributed by atoms with E-state index in [9.17, 15) is 32.1 Å². The van der Waals surface area contributed by atoms with E-state index in [0.717, 1.165) is 6.26 Å². The van der Waals surface area contributed by atoms with E-state index in [4.69, 9.17) is 0 Å². The molecule has 0 aliphatic rings. The Kier molecular flexibility index (Phi) is 4.71. The minimum atomic E-state index is -3.33. The summed E-state index contributed by atoms with van der Waals surface area (Å²) >= 11 is 0. The number of nitrogens with one attached hydrogen (secondary N) is 1. The van der Waals surface area contributed by atoms with Crippen molar-refractivity contribution in [2.75, 3.05) is 18.6 Å². The Hall–Kier alpha value is -2.10. The van der Waals surface area contributed by atoms with Crippen molar-refractivity contribution in [2.24, 2.45) is 0 Å². The summed E-state index contributed by atoms with van der Waals surface area (Å²) in [4.78, 5) is 21.2. The highest BCUT2D eigenvalue weighted by Crippen LogP contribution is 2.22. The lowest BCUT2D eigenvalue weighted by atomic mass is 10.1. The summed E-state index contributed by atoms with van der Waals surface area (Å²) in [6.07, 6.45) is 0.944. The van der Waals surface area contributed by atoms with Crippen LogP contribution in [0, 0.1) is 21.7 Å². The maximum atomic E-state index is 13.0. The van der Waals surface area contributed by atoms with E-state index >= 15 is 0 Å². The predicted octanol–water partition coefficient (Wildman–Crippen LogP) is 0.647. The summed E-state index contributed by atoms with van der Waals surface area (Å²) in [6, 6.07) is 0.685. The van der Waals surface area contributed by atoms with Gasteiger partial charge in [-0.1, -0.05) is 0 Å². The van der Waals surface area contributed by atoms with Crippen molar-refractivity contribution in [3.63, 3.8) is 0 Å². The summed E-state index contributed by atoms with van der Waals surface area (Å²) in [5, 5.41) is 12.7. The molecule has 1 rings (SSSR count). The van der Waals surface area contributed by atoms with Gasteiger partial charge in [-0.2, -0.15) is 0 Å². The molecule has 0 fully saturated rings. The van der Waals surface area contributed by atoms with Gasteiger partial charge < -0.3 is 5.32 Å². The molecule has 0 aromatic heterocycles. The molecule has 7 nitrogen and oxygen atoms in total. The van der Waals surface area contributed by atoms with Gasteiger partial charge in [-0.05, 0) is 6.07 Å². The molecule has 0 spiro atoms. The number of halogens is 2. The van der Waals surface area contributed by atoms with Gasteiger partial charge >= 0.3 is 0 Å². The first kappa shape index (κ1) is 16.0. The monoisotopic (exact) mass is 308 g/mol. The molecular formula is C10H10F2N2O5S. The predicted molar refractivity (Wildman–Crippen MR) is 65.1 cm³/mol. The highest BCUT2D eigenvalue weighted by atomic mass is 32.2. The van der Waals surface area contributed by atoms with Crippen LogP contribution in [0.5, 0.6) is 0 Å². The van der Waals surface area contributed by atoms with Gasteiger partial charge in [-0.3, -0.25) is 14.9 Å². The molecule has 0 heterocycles. The molecule has 1 aromatic carbocycles. The zero-order chi connectivity index (χ0) is 15.5. The molecule has 0 aliphatic carbocycles. The summed E-state index contributed by atoms with van der Waals surface area (Å²) in [5.41, 5.74) is -1.58. The van der Waals surface area contributed by atoms with Crippen LogP contribution in [-0.2, 0) is 9.84 Å². The van der Waals surface area contributed by atoms with Crippen molar-refractivity contribution in [3.05, 3.63) is 39.4 Å². The first-order chi connectivity index (χ1) is 9.11. The summed E-state index contributed by atoms with van der Waals surface area (Å²) in [6.45, 7) is -0.298. The first-order valence-corrected chi connectivity index (χ1v) is 7.27. The van der Waals surface area contributed by atoms with Crippen LogP contribution in [0.15, 0.2) is 12.1 Å². The van der Waals surface area contributed by atoms with Crippen molar-refractivity contribution in [2.45, 2.75) is 0 Å². The van der Waals surface area contributed by atoms with Crippen molar-refractivity contribution in [1.82, 2.24) is 5.32 Å². The molecule has 0 bridgehead atoms. The quantitative estimate of drug-likeness (QED) is 0.635. The minimum absolute atomic E-state index is 0.292. The molecule has 0 atom stereocenters. The molecular weight excluding hydrogens is 298 g/mol. The van der Waals surface area contributed by atoms with Gasteiger partial charge in [0.25, 0.3) is 11.6 Å². The molecule has 0 aliphatic heterocycles. The smallest absolute Gasteiger partial charge is 0.285 e. The number of nitro groups is 1. The Morgan fingerprint density at radius 2 is 1.90 bits per heavy atom. The first-order valence-electron chi connectivity index (χ1n) is 5.21. The molecule has 0 unspecified atom stereocenters. The largest absolute Gasteiger partial charge is 0.351 e. The Morgan fingerprint density at radius 1 is 1.35 bits per heavy atom. The third-order valence-corrected chi connectivity index (χ3v) is 3.18. The molecule has 1 amide bonds. The fraction of sp³-hybridized carbons (Fsp3) is 0.300. The van der Waals surface area contributed by atoms with Crippen molar-refractivity contribution in [1.29, 1.82) is 0 Å². The number of carbonyl (C=O) groups is 1. The maximum absolute atomic E-state index is 13.0. The summed E-state index contributed by atoms with van der Waals surface area (Å²) in [7, 11) is -3.33. The van der Waals surface area contributed by atoms with E-state index in [1.807, 2.05) is 0 Å². The van der Waals surface area contributed by atoms with Gasteiger partial charge in [-0.15, -0.1) is 0 Å². The lowest BCUT2D eigenvalue weighted by Gasteiger charge is -2.05. The number of benzene rings is 1. The Balaban J connectivity index is 2.98. The second-order valence-corrected chi connectivity index (χ2v) is 6.19. The highest BCUT2D eigenvalue weighted by Gasteiger charge is 2.23. The average molecular weight is 308 g/mol. The Morgan fingerprint density at radius 3 is 2.40 bits per heavy atom. The number of rotatable bonds is 5. The number of hydrogen-bond acceptors (Lipinski definition) is 5. The number of nitrogens with zero attached hydrogens (tertiary/aromatic N) is 1. The van der Waals surface area contributed by atoms with Crippen LogP contribution in [0.1, 0.15) is 10.4 Å². The molecule has 0 radical (unpaired) electrons.